The number of hydrogen-bond acceptors (Lipinski definition) is 5. The van der Waals surface area contributed by atoms with E-state index in [4.69, 9.17) is 4.74 Å². The molecule has 5 heteroatoms. The van der Waals surface area contributed by atoms with E-state index in [0.29, 0.717) is 11.4 Å². The molecule has 4 nitrogen and oxygen atoms in total. The summed E-state index contributed by atoms with van der Waals surface area (Å²) in [5, 5.41) is 9.39. The van der Waals surface area contributed by atoms with Crippen LogP contribution in [0, 0.1) is 11.3 Å². The maximum atomic E-state index is 12.5. The first-order chi connectivity index (χ1) is 11.2. The highest BCUT2D eigenvalue weighted by Gasteiger charge is 2.47. The van der Waals surface area contributed by atoms with Crippen LogP contribution in [0.15, 0.2) is 47.5 Å². The van der Waals surface area contributed by atoms with Crippen molar-refractivity contribution in [3.63, 3.8) is 0 Å². The fraction of sp³-hybridized carbons (Fsp3) is 0.278. The van der Waals surface area contributed by atoms with E-state index in [0.717, 1.165) is 29.1 Å². The van der Waals surface area contributed by atoms with Gasteiger partial charge in [0, 0.05) is 16.7 Å². The molecule has 23 heavy (non-hydrogen) atoms. The molecule has 0 saturated heterocycles. The number of pyridine rings is 1. The summed E-state index contributed by atoms with van der Waals surface area (Å²) in [4.78, 5) is 17.5. The maximum absolute atomic E-state index is 12.5. The van der Waals surface area contributed by atoms with E-state index in [-0.39, 0.29) is 0 Å². The van der Waals surface area contributed by atoms with Crippen LogP contribution >= 0.6 is 11.8 Å². The van der Waals surface area contributed by atoms with Crippen molar-refractivity contribution in [3.05, 3.63) is 53.9 Å². The molecule has 1 aromatic carbocycles. The SMILES string of the molecule is CCSc1cccnc1C(=O)Oc1ccccc1C1(C#N)CC1. The Morgan fingerprint density at radius 3 is 2.83 bits per heavy atom. The summed E-state index contributed by atoms with van der Waals surface area (Å²) in [5.74, 6) is 0.817. The van der Waals surface area contributed by atoms with Gasteiger partial charge in [0.2, 0.25) is 0 Å². The molecule has 1 heterocycles. The highest BCUT2D eigenvalue weighted by molar-refractivity contribution is 7.99. The molecule has 0 radical (unpaired) electrons. The molecule has 0 bridgehead atoms. The van der Waals surface area contributed by atoms with Gasteiger partial charge >= 0.3 is 5.97 Å². The number of nitriles is 1. The number of carbonyl (C=O) groups is 1. The lowest BCUT2D eigenvalue weighted by Gasteiger charge is -2.13. The van der Waals surface area contributed by atoms with Gasteiger partial charge < -0.3 is 4.74 Å². The first-order valence-electron chi connectivity index (χ1n) is 7.51. The van der Waals surface area contributed by atoms with Gasteiger partial charge in [-0.25, -0.2) is 9.78 Å². The summed E-state index contributed by atoms with van der Waals surface area (Å²) < 4.78 is 5.58. The van der Waals surface area contributed by atoms with E-state index >= 15 is 0 Å². The van der Waals surface area contributed by atoms with E-state index in [1.165, 1.54) is 0 Å². The highest BCUT2D eigenvalue weighted by atomic mass is 32.2. The minimum atomic E-state index is -0.498. The van der Waals surface area contributed by atoms with Crippen molar-refractivity contribution in [2.45, 2.75) is 30.1 Å². The minimum absolute atomic E-state index is 0.316. The van der Waals surface area contributed by atoms with Crippen LogP contribution in [0.25, 0.3) is 0 Å². The Kier molecular flexibility index (Phi) is 4.35. The first kappa shape index (κ1) is 15.6. The number of aromatic nitrogens is 1. The van der Waals surface area contributed by atoms with E-state index in [2.05, 4.69) is 11.1 Å². The lowest BCUT2D eigenvalue weighted by Crippen LogP contribution is -2.15. The maximum Gasteiger partial charge on any atom is 0.363 e. The van der Waals surface area contributed by atoms with Gasteiger partial charge in [-0.2, -0.15) is 5.26 Å². The van der Waals surface area contributed by atoms with Crippen LogP contribution in [0.5, 0.6) is 5.75 Å². The molecular formula is C18H16N2O2S. The van der Waals surface area contributed by atoms with Crippen LogP contribution in [-0.2, 0) is 5.41 Å². The van der Waals surface area contributed by atoms with Gasteiger partial charge in [-0.1, -0.05) is 25.1 Å². The number of esters is 1. The average molecular weight is 324 g/mol. The summed E-state index contributed by atoms with van der Waals surface area (Å²) in [6.07, 6.45) is 3.19. The zero-order chi connectivity index (χ0) is 16.3. The van der Waals surface area contributed by atoms with Gasteiger partial charge in [0.05, 0.1) is 11.5 Å². The molecule has 3 rings (SSSR count). The van der Waals surface area contributed by atoms with Crippen molar-refractivity contribution in [1.82, 2.24) is 4.98 Å². The van der Waals surface area contributed by atoms with E-state index in [1.54, 1.807) is 36.2 Å². The second-order valence-electron chi connectivity index (χ2n) is 5.36. The van der Waals surface area contributed by atoms with Crippen molar-refractivity contribution in [3.8, 4) is 11.8 Å². The topological polar surface area (TPSA) is 63.0 Å². The lowest BCUT2D eigenvalue weighted by molar-refractivity contribution is 0.0722. The molecule has 0 atom stereocenters. The Hall–Kier alpha value is -2.32. The fourth-order valence-electron chi connectivity index (χ4n) is 2.48. The summed E-state index contributed by atoms with van der Waals surface area (Å²) >= 11 is 1.55. The van der Waals surface area contributed by atoms with Crippen LogP contribution in [0.4, 0.5) is 0 Å². The third kappa shape index (κ3) is 3.08. The third-order valence-corrected chi connectivity index (χ3v) is 4.76. The van der Waals surface area contributed by atoms with Crippen molar-refractivity contribution >= 4 is 17.7 Å². The molecule has 0 N–H and O–H groups in total. The van der Waals surface area contributed by atoms with Crippen molar-refractivity contribution < 1.29 is 9.53 Å². The van der Waals surface area contributed by atoms with Crippen molar-refractivity contribution in [2.75, 3.05) is 5.75 Å². The summed E-state index contributed by atoms with van der Waals surface area (Å²) in [6, 6.07) is 13.3. The zero-order valence-corrected chi connectivity index (χ0v) is 13.6. The van der Waals surface area contributed by atoms with E-state index < -0.39 is 11.4 Å². The summed E-state index contributed by atoms with van der Waals surface area (Å²) in [6.45, 7) is 2.02. The van der Waals surface area contributed by atoms with E-state index in [9.17, 15) is 10.1 Å². The number of hydrogen-bond donors (Lipinski definition) is 0. The molecule has 1 aromatic heterocycles. The molecule has 0 unspecified atom stereocenters. The minimum Gasteiger partial charge on any atom is -0.421 e. The van der Waals surface area contributed by atoms with Crippen molar-refractivity contribution in [2.24, 2.45) is 0 Å². The van der Waals surface area contributed by atoms with Crippen LogP contribution in [0.3, 0.4) is 0 Å². The van der Waals surface area contributed by atoms with Gasteiger partial charge in [-0.15, -0.1) is 11.8 Å². The zero-order valence-electron chi connectivity index (χ0n) is 12.8. The molecule has 0 spiro atoms. The van der Waals surface area contributed by atoms with Gasteiger partial charge in [-0.3, -0.25) is 0 Å². The van der Waals surface area contributed by atoms with Crippen LogP contribution in [0.2, 0.25) is 0 Å². The predicted molar refractivity (Wildman–Crippen MR) is 88.6 cm³/mol. The number of thioether (sulfide) groups is 1. The smallest absolute Gasteiger partial charge is 0.363 e. The largest absolute Gasteiger partial charge is 0.421 e. The molecule has 116 valence electrons. The molecule has 2 aromatic rings. The summed E-state index contributed by atoms with van der Waals surface area (Å²) in [7, 11) is 0. The Balaban J connectivity index is 1.89. The van der Waals surface area contributed by atoms with Crippen molar-refractivity contribution in [1.29, 1.82) is 5.26 Å². The monoisotopic (exact) mass is 324 g/mol. The quantitative estimate of drug-likeness (QED) is 0.473. The fourth-order valence-corrected chi connectivity index (χ4v) is 3.24. The number of benzene rings is 1. The predicted octanol–water partition coefficient (Wildman–Crippen LogP) is 3.97. The van der Waals surface area contributed by atoms with Crippen LogP contribution in [-0.4, -0.2) is 16.7 Å². The van der Waals surface area contributed by atoms with Crippen LogP contribution in [0.1, 0.15) is 35.8 Å². The molecular weight excluding hydrogens is 308 g/mol. The number of para-hydroxylation sites is 1. The van der Waals surface area contributed by atoms with E-state index in [1.807, 2.05) is 25.1 Å². The first-order valence-corrected chi connectivity index (χ1v) is 8.49. The molecule has 0 amide bonds. The Morgan fingerprint density at radius 1 is 1.35 bits per heavy atom. The number of nitrogens with zero attached hydrogens (tertiary/aromatic N) is 2. The standard InChI is InChI=1S/C18H16N2O2S/c1-2-23-15-8-5-11-20-16(15)17(21)22-14-7-4-3-6-13(14)18(12-19)9-10-18/h3-8,11H,2,9-10H2,1H3. The Morgan fingerprint density at radius 2 is 2.13 bits per heavy atom. The second kappa shape index (κ2) is 6.43. The summed E-state index contributed by atoms with van der Waals surface area (Å²) in [5.41, 5.74) is 0.606. The van der Waals surface area contributed by atoms with Gasteiger partial charge in [0.1, 0.15) is 5.75 Å². The molecule has 0 aliphatic heterocycles. The molecule has 1 saturated carbocycles. The van der Waals surface area contributed by atoms with Gasteiger partial charge in [0.25, 0.3) is 0 Å². The number of rotatable bonds is 5. The average Bonchev–Trinajstić information content (AvgIpc) is 3.37. The van der Waals surface area contributed by atoms with Gasteiger partial charge in [-0.05, 0) is 36.8 Å². The van der Waals surface area contributed by atoms with Crippen LogP contribution < -0.4 is 4.74 Å². The second-order valence-corrected chi connectivity index (χ2v) is 6.67. The Labute approximate surface area is 139 Å². The number of ether oxygens (including phenoxy) is 1. The molecule has 1 aliphatic carbocycles. The Bertz CT molecular complexity index is 779. The molecule has 1 aliphatic rings. The van der Waals surface area contributed by atoms with Gasteiger partial charge in [0.15, 0.2) is 5.69 Å². The number of carbonyl (C=O) groups excluding carboxylic acids is 1. The lowest BCUT2D eigenvalue weighted by atomic mass is 9.97. The normalized spacial score (nSPS) is 14.8. The highest BCUT2D eigenvalue weighted by Crippen LogP contribution is 2.50. The molecule has 1 fully saturated rings. The third-order valence-electron chi connectivity index (χ3n) is 3.83.